The molecule has 2 aromatic heterocycles. The van der Waals surface area contributed by atoms with E-state index in [1.807, 2.05) is 0 Å². The van der Waals surface area contributed by atoms with E-state index < -0.39 is 0 Å². The van der Waals surface area contributed by atoms with E-state index in [2.05, 4.69) is 15.0 Å². The number of aliphatic hydroxyl groups is 1. The molecule has 1 aliphatic rings. The lowest BCUT2D eigenvalue weighted by Crippen LogP contribution is -2.37. The third-order valence-corrected chi connectivity index (χ3v) is 3.05. The van der Waals surface area contributed by atoms with Crippen LogP contribution >= 0.6 is 0 Å². The van der Waals surface area contributed by atoms with Crippen LogP contribution in [0.1, 0.15) is 18.7 Å². The number of nitrogens with zero attached hydrogens (tertiary/aromatic N) is 3. The van der Waals surface area contributed by atoms with Crippen LogP contribution in [0.2, 0.25) is 0 Å². The Hall–Kier alpha value is -1.66. The van der Waals surface area contributed by atoms with Gasteiger partial charge < -0.3 is 14.0 Å². The second-order valence-electron chi connectivity index (χ2n) is 4.52. The Labute approximate surface area is 104 Å². The zero-order valence-electron chi connectivity index (χ0n) is 9.95. The summed E-state index contributed by atoms with van der Waals surface area (Å²) in [6.07, 6.45) is 3.21. The number of likely N-dealkylation sites (tertiary alicyclic amines) is 1. The third kappa shape index (κ3) is 2.44. The fraction of sp³-hybridized carbons (Fsp3) is 0.500. The summed E-state index contributed by atoms with van der Waals surface area (Å²) < 4.78 is 10.3. The van der Waals surface area contributed by atoms with Gasteiger partial charge in [0.2, 0.25) is 0 Å². The molecule has 6 nitrogen and oxygen atoms in total. The van der Waals surface area contributed by atoms with Gasteiger partial charge in [0, 0.05) is 6.54 Å². The molecule has 3 heterocycles. The van der Waals surface area contributed by atoms with E-state index in [1.165, 1.54) is 0 Å². The van der Waals surface area contributed by atoms with Crippen molar-refractivity contribution in [3.05, 3.63) is 24.2 Å². The molecule has 96 valence electrons. The number of rotatable bonds is 3. The van der Waals surface area contributed by atoms with E-state index in [4.69, 9.17) is 8.94 Å². The number of hydrogen-bond donors (Lipinski definition) is 1. The van der Waals surface area contributed by atoms with Gasteiger partial charge in [-0.2, -0.15) is 4.98 Å². The molecule has 6 heteroatoms. The second kappa shape index (κ2) is 4.91. The molecule has 0 unspecified atom stereocenters. The van der Waals surface area contributed by atoms with Gasteiger partial charge in [-0.25, -0.2) is 0 Å². The largest absolute Gasteiger partial charge is 0.459 e. The first-order valence-corrected chi connectivity index (χ1v) is 6.08. The lowest BCUT2D eigenvalue weighted by molar-refractivity contribution is 0.0651. The van der Waals surface area contributed by atoms with Crippen molar-refractivity contribution in [2.45, 2.75) is 25.5 Å². The molecule has 1 atom stereocenters. The highest BCUT2D eigenvalue weighted by Crippen LogP contribution is 2.18. The second-order valence-corrected chi connectivity index (χ2v) is 4.52. The quantitative estimate of drug-likeness (QED) is 0.883. The van der Waals surface area contributed by atoms with Gasteiger partial charge in [-0.1, -0.05) is 5.16 Å². The van der Waals surface area contributed by atoms with E-state index in [0.717, 1.165) is 19.4 Å². The summed E-state index contributed by atoms with van der Waals surface area (Å²) in [4.78, 5) is 6.41. The van der Waals surface area contributed by atoms with E-state index in [1.54, 1.807) is 18.4 Å². The van der Waals surface area contributed by atoms with Gasteiger partial charge in [-0.3, -0.25) is 4.90 Å². The maximum absolute atomic E-state index is 9.59. The molecular formula is C12H15N3O3. The molecule has 0 radical (unpaired) electrons. The maximum Gasteiger partial charge on any atom is 0.293 e. The molecule has 3 rings (SSSR count). The molecule has 0 amide bonds. The van der Waals surface area contributed by atoms with Crippen molar-refractivity contribution in [2.24, 2.45) is 0 Å². The minimum absolute atomic E-state index is 0.241. The first-order valence-electron chi connectivity index (χ1n) is 6.08. The predicted molar refractivity (Wildman–Crippen MR) is 62.5 cm³/mol. The molecule has 1 saturated heterocycles. The number of hydrogen-bond acceptors (Lipinski definition) is 6. The summed E-state index contributed by atoms with van der Waals surface area (Å²) in [7, 11) is 0. The van der Waals surface area contributed by atoms with Crippen LogP contribution in [-0.4, -0.2) is 39.3 Å². The maximum atomic E-state index is 9.59. The van der Waals surface area contributed by atoms with Crippen LogP contribution in [0.5, 0.6) is 0 Å². The van der Waals surface area contributed by atoms with Gasteiger partial charge in [0.05, 0.1) is 18.9 Å². The molecule has 0 bridgehead atoms. The number of β-amino-alcohol motifs (C(OH)–C–C–N with tert-alkyl or cyclic N) is 1. The lowest BCUT2D eigenvalue weighted by atomic mass is 10.1. The van der Waals surface area contributed by atoms with Crippen LogP contribution in [0.4, 0.5) is 0 Å². The van der Waals surface area contributed by atoms with Crippen LogP contribution in [0.3, 0.4) is 0 Å². The summed E-state index contributed by atoms with van der Waals surface area (Å²) >= 11 is 0. The summed E-state index contributed by atoms with van der Waals surface area (Å²) in [5.74, 6) is 1.59. The highest BCUT2D eigenvalue weighted by molar-refractivity contribution is 5.42. The standard InChI is InChI=1S/C12H15N3O3/c16-9-3-1-5-15(7-9)8-11-13-12(18-14-11)10-4-2-6-17-10/h2,4,6,9,16H,1,3,5,7-8H2/t9-/m0/s1. The molecular weight excluding hydrogens is 234 g/mol. The normalized spacial score (nSPS) is 21.3. The Bertz CT molecular complexity index is 494. The summed E-state index contributed by atoms with van der Waals surface area (Å²) in [6, 6.07) is 3.56. The number of aromatic nitrogens is 2. The molecule has 0 spiro atoms. The molecule has 2 aromatic rings. The monoisotopic (exact) mass is 249 g/mol. The first-order chi connectivity index (χ1) is 8.81. The van der Waals surface area contributed by atoms with Crippen molar-refractivity contribution in [1.29, 1.82) is 0 Å². The van der Waals surface area contributed by atoms with Crippen molar-refractivity contribution in [2.75, 3.05) is 13.1 Å². The fourth-order valence-corrected chi connectivity index (χ4v) is 2.19. The molecule has 1 N–H and O–H groups in total. The molecule has 1 fully saturated rings. The van der Waals surface area contributed by atoms with Crippen molar-refractivity contribution in [3.8, 4) is 11.7 Å². The SMILES string of the molecule is O[C@H]1CCCN(Cc2noc(-c3ccco3)n2)C1. The average molecular weight is 249 g/mol. The van der Waals surface area contributed by atoms with E-state index >= 15 is 0 Å². The zero-order chi connectivity index (χ0) is 12.4. The van der Waals surface area contributed by atoms with Crippen LogP contribution < -0.4 is 0 Å². The molecule has 0 aromatic carbocycles. The highest BCUT2D eigenvalue weighted by atomic mass is 16.5. The number of furan rings is 1. The van der Waals surface area contributed by atoms with Crippen molar-refractivity contribution < 1.29 is 14.0 Å². The minimum Gasteiger partial charge on any atom is -0.459 e. The van der Waals surface area contributed by atoms with Gasteiger partial charge >= 0.3 is 0 Å². The van der Waals surface area contributed by atoms with Gasteiger partial charge in [0.15, 0.2) is 11.6 Å². The topological polar surface area (TPSA) is 75.5 Å². The minimum atomic E-state index is -0.241. The van der Waals surface area contributed by atoms with Gasteiger partial charge in [0.25, 0.3) is 5.89 Å². The predicted octanol–water partition coefficient (Wildman–Crippen LogP) is 1.29. The van der Waals surface area contributed by atoms with Gasteiger partial charge in [-0.05, 0) is 31.5 Å². The van der Waals surface area contributed by atoms with E-state index in [-0.39, 0.29) is 6.10 Å². The molecule has 0 aliphatic carbocycles. The highest BCUT2D eigenvalue weighted by Gasteiger charge is 2.20. The van der Waals surface area contributed by atoms with Crippen molar-refractivity contribution in [3.63, 3.8) is 0 Å². The van der Waals surface area contributed by atoms with Crippen LogP contribution in [0.15, 0.2) is 27.3 Å². The Kier molecular flexibility index (Phi) is 3.12. The number of aliphatic hydroxyl groups excluding tert-OH is 1. The summed E-state index contributed by atoms with van der Waals surface area (Å²) in [6.45, 7) is 2.23. The zero-order valence-corrected chi connectivity index (χ0v) is 9.95. The van der Waals surface area contributed by atoms with Crippen LogP contribution in [-0.2, 0) is 6.54 Å². The Morgan fingerprint density at radius 2 is 2.44 bits per heavy atom. The summed E-state index contributed by atoms with van der Waals surface area (Å²) in [5, 5.41) is 13.5. The molecule has 18 heavy (non-hydrogen) atoms. The Morgan fingerprint density at radius 3 is 3.22 bits per heavy atom. The van der Waals surface area contributed by atoms with Gasteiger partial charge in [0.1, 0.15) is 0 Å². The van der Waals surface area contributed by atoms with E-state index in [9.17, 15) is 5.11 Å². The van der Waals surface area contributed by atoms with Crippen molar-refractivity contribution in [1.82, 2.24) is 15.0 Å². The van der Waals surface area contributed by atoms with Crippen molar-refractivity contribution >= 4 is 0 Å². The summed E-state index contributed by atoms with van der Waals surface area (Å²) in [5.41, 5.74) is 0. The third-order valence-electron chi connectivity index (χ3n) is 3.05. The van der Waals surface area contributed by atoms with Crippen LogP contribution in [0.25, 0.3) is 11.7 Å². The van der Waals surface area contributed by atoms with E-state index in [0.29, 0.717) is 30.6 Å². The van der Waals surface area contributed by atoms with Gasteiger partial charge in [-0.15, -0.1) is 0 Å². The fourth-order valence-electron chi connectivity index (χ4n) is 2.19. The Balaban J connectivity index is 1.66. The Morgan fingerprint density at radius 1 is 1.50 bits per heavy atom. The smallest absolute Gasteiger partial charge is 0.293 e. The molecule has 1 aliphatic heterocycles. The number of piperidine rings is 1. The average Bonchev–Trinajstić information content (AvgIpc) is 2.98. The first kappa shape index (κ1) is 11.4. The lowest BCUT2D eigenvalue weighted by Gasteiger charge is -2.28. The van der Waals surface area contributed by atoms with Crippen LogP contribution in [0, 0.1) is 0 Å². The molecule has 0 saturated carbocycles.